The van der Waals surface area contributed by atoms with Gasteiger partial charge in [-0.3, -0.25) is 4.79 Å². The molecule has 25 heavy (non-hydrogen) atoms. The van der Waals surface area contributed by atoms with E-state index < -0.39 is 15.8 Å². The third kappa shape index (κ3) is 4.41. The van der Waals surface area contributed by atoms with Crippen LogP contribution in [0, 0.1) is 6.92 Å². The Morgan fingerprint density at radius 3 is 2.48 bits per heavy atom. The summed E-state index contributed by atoms with van der Waals surface area (Å²) in [4.78, 5) is 28.0. The number of thiophene rings is 1. The van der Waals surface area contributed by atoms with E-state index >= 15 is 0 Å². The molecule has 8 heteroatoms. The van der Waals surface area contributed by atoms with E-state index in [9.17, 15) is 18.0 Å². The minimum atomic E-state index is -3.08. The van der Waals surface area contributed by atoms with E-state index in [0.29, 0.717) is 11.3 Å². The summed E-state index contributed by atoms with van der Waals surface area (Å²) in [5.74, 6) is -0.636. The van der Waals surface area contributed by atoms with Gasteiger partial charge in [0, 0.05) is 17.0 Å². The van der Waals surface area contributed by atoms with Gasteiger partial charge in [-0.25, -0.2) is 13.2 Å². The Bertz CT molecular complexity index is 749. The van der Waals surface area contributed by atoms with Gasteiger partial charge >= 0.3 is 5.97 Å². The molecule has 3 rings (SSSR count). The standard InChI is InChI=1S/C17H23NO5S2/c1-12-6-7-15(24-12)17(20)23-10-16(19)18(13-4-2-3-5-13)14-8-9-25(21,22)11-14/h6-7,13-14H,2-5,8-11H2,1H3/t14-/m0/s1. The SMILES string of the molecule is Cc1ccc(C(=O)OCC(=O)N(C2CCCC2)[C@H]2CCS(=O)(=O)C2)s1. The normalized spacial score (nSPS) is 22.8. The Balaban J connectivity index is 1.65. The zero-order chi connectivity index (χ0) is 18.0. The van der Waals surface area contributed by atoms with Crippen molar-refractivity contribution in [2.75, 3.05) is 18.1 Å². The summed E-state index contributed by atoms with van der Waals surface area (Å²) in [5.41, 5.74) is 0. The van der Waals surface area contributed by atoms with Crippen LogP contribution < -0.4 is 0 Å². The summed E-state index contributed by atoms with van der Waals surface area (Å²) in [5, 5.41) is 0. The van der Waals surface area contributed by atoms with Crippen molar-refractivity contribution in [1.82, 2.24) is 4.90 Å². The number of aryl methyl sites for hydroxylation is 1. The molecule has 0 unspecified atom stereocenters. The molecular weight excluding hydrogens is 362 g/mol. The second-order valence-electron chi connectivity index (χ2n) is 6.78. The number of rotatable bonds is 5. The lowest BCUT2D eigenvalue weighted by molar-refractivity contribution is -0.139. The van der Waals surface area contributed by atoms with Crippen LogP contribution in [0.15, 0.2) is 12.1 Å². The fourth-order valence-electron chi connectivity index (χ4n) is 3.70. The zero-order valence-corrected chi connectivity index (χ0v) is 15.9. The van der Waals surface area contributed by atoms with Crippen molar-refractivity contribution in [1.29, 1.82) is 0 Å². The first-order valence-electron chi connectivity index (χ1n) is 8.61. The Morgan fingerprint density at radius 1 is 1.20 bits per heavy atom. The van der Waals surface area contributed by atoms with E-state index in [1.807, 2.05) is 13.0 Å². The predicted octanol–water partition coefficient (Wildman–Crippen LogP) is 2.17. The minimum absolute atomic E-state index is 0.0211. The third-order valence-electron chi connectivity index (χ3n) is 4.88. The maximum Gasteiger partial charge on any atom is 0.348 e. The zero-order valence-electron chi connectivity index (χ0n) is 14.3. The number of esters is 1. The van der Waals surface area contributed by atoms with E-state index in [2.05, 4.69) is 0 Å². The molecule has 0 spiro atoms. The summed E-state index contributed by atoms with van der Waals surface area (Å²) in [6.45, 7) is 1.57. The monoisotopic (exact) mass is 385 g/mol. The van der Waals surface area contributed by atoms with Gasteiger partial charge in [-0.05, 0) is 38.3 Å². The highest BCUT2D eigenvalue weighted by Crippen LogP contribution is 2.29. The molecule has 138 valence electrons. The number of hydrogen-bond acceptors (Lipinski definition) is 6. The molecule has 0 bridgehead atoms. The van der Waals surface area contributed by atoms with Gasteiger partial charge in [-0.15, -0.1) is 11.3 Å². The molecule has 1 saturated heterocycles. The lowest BCUT2D eigenvalue weighted by Gasteiger charge is -2.33. The first-order valence-corrected chi connectivity index (χ1v) is 11.2. The summed E-state index contributed by atoms with van der Waals surface area (Å²) < 4.78 is 28.8. The van der Waals surface area contributed by atoms with Crippen LogP contribution in [0.25, 0.3) is 0 Å². The van der Waals surface area contributed by atoms with Crippen LogP contribution in [0.1, 0.15) is 46.7 Å². The fourth-order valence-corrected chi connectivity index (χ4v) is 6.17. The van der Waals surface area contributed by atoms with E-state index in [1.165, 1.54) is 11.3 Å². The topological polar surface area (TPSA) is 80.8 Å². The lowest BCUT2D eigenvalue weighted by Crippen LogP contribution is -2.48. The number of carbonyl (C=O) groups excluding carboxylic acids is 2. The quantitative estimate of drug-likeness (QED) is 0.726. The number of sulfone groups is 1. The van der Waals surface area contributed by atoms with Crippen LogP contribution in [0.2, 0.25) is 0 Å². The molecule has 1 aromatic rings. The molecule has 1 atom stereocenters. The van der Waals surface area contributed by atoms with Crippen molar-refractivity contribution in [2.24, 2.45) is 0 Å². The average molecular weight is 386 g/mol. The average Bonchev–Trinajstić information content (AvgIpc) is 3.27. The highest BCUT2D eigenvalue weighted by atomic mass is 32.2. The van der Waals surface area contributed by atoms with Crippen molar-refractivity contribution >= 4 is 33.1 Å². The number of carbonyl (C=O) groups is 2. The van der Waals surface area contributed by atoms with Gasteiger partial charge in [0.25, 0.3) is 5.91 Å². The van der Waals surface area contributed by atoms with Gasteiger partial charge in [-0.2, -0.15) is 0 Å². The smallest absolute Gasteiger partial charge is 0.348 e. The van der Waals surface area contributed by atoms with Gasteiger partial charge in [0.1, 0.15) is 4.88 Å². The molecule has 1 saturated carbocycles. The van der Waals surface area contributed by atoms with Crippen LogP contribution in [-0.2, 0) is 19.4 Å². The molecule has 2 aliphatic rings. The molecule has 1 aliphatic carbocycles. The van der Waals surface area contributed by atoms with Crippen LogP contribution in [-0.4, -0.2) is 55.4 Å². The van der Waals surface area contributed by atoms with Crippen molar-refractivity contribution in [3.05, 3.63) is 21.9 Å². The first-order chi connectivity index (χ1) is 11.9. The number of amides is 1. The molecule has 6 nitrogen and oxygen atoms in total. The lowest BCUT2D eigenvalue weighted by atomic mass is 10.1. The van der Waals surface area contributed by atoms with Gasteiger partial charge in [0.2, 0.25) is 0 Å². The summed E-state index contributed by atoms with van der Waals surface area (Å²) >= 11 is 1.33. The van der Waals surface area contributed by atoms with Gasteiger partial charge in [0.05, 0.1) is 11.5 Å². The fraction of sp³-hybridized carbons (Fsp3) is 0.647. The second-order valence-corrected chi connectivity index (χ2v) is 10.3. The predicted molar refractivity (Wildman–Crippen MR) is 95.5 cm³/mol. The first kappa shape index (κ1) is 18.4. The summed E-state index contributed by atoms with van der Waals surface area (Å²) in [6, 6.07) is 3.29. The van der Waals surface area contributed by atoms with Crippen molar-refractivity contribution in [3.63, 3.8) is 0 Å². The molecule has 0 aromatic carbocycles. The van der Waals surface area contributed by atoms with E-state index in [1.54, 1.807) is 11.0 Å². The maximum absolute atomic E-state index is 12.7. The molecule has 2 fully saturated rings. The largest absolute Gasteiger partial charge is 0.451 e. The molecule has 1 aliphatic heterocycles. The molecule has 0 N–H and O–H groups in total. The minimum Gasteiger partial charge on any atom is -0.451 e. The van der Waals surface area contributed by atoms with Crippen molar-refractivity contribution in [3.8, 4) is 0 Å². The molecule has 0 radical (unpaired) electrons. The van der Waals surface area contributed by atoms with E-state index in [-0.39, 0.29) is 36.1 Å². The maximum atomic E-state index is 12.7. The highest BCUT2D eigenvalue weighted by Gasteiger charge is 2.39. The molecule has 1 aromatic heterocycles. The second kappa shape index (κ2) is 7.45. The molecular formula is C17H23NO5S2. The van der Waals surface area contributed by atoms with E-state index in [4.69, 9.17) is 4.74 Å². The van der Waals surface area contributed by atoms with E-state index in [0.717, 1.165) is 30.6 Å². The van der Waals surface area contributed by atoms with Crippen LogP contribution in [0.5, 0.6) is 0 Å². The Morgan fingerprint density at radius 2 is 1.92 bits per heavy atom. The van der Waals surface area contributed by atoms with Crippen LogP contribution in [0.4, 0.5) is 0 Å². The van der Waals surface area contributed by atoms with Gasteiger partial charge in [-0.1, -0.05) is 12.8 Å². The van der Waals surface area contributed by atoms with Crippen molar-refractivity contribution in [2.45, 2.75) is 51.1 Å². The third-order valence-corrected chi connectivity index (χ3v) is 7.61. The van der Waals surface area contributed by atoms with Gasteiger partial charge in [0.15, 0.2) is 16.4 Å². The summed E-state index contributed by atoms with van der Waals surface area (Å²) in [7, 11) is -3.08. The Hall–Kier alpha value is -1.41. The highest BCUT2D eigenvalue weighted by molar-refractivity contribution is 7.91. The van der Waals surface area contributed by atoms with Crippen LogP contribution in [0.3, 0.4) is 0 Å². The number of ether oxygens (including phenoxy) is 1. The summed E-state index contributed by atoms with van der Waals surface area (Å²) in [6.07, 6.45) is 4.34. The van der Waals surface area contributed by atoms with Crippen molar-refractivity contribution < 1.29 is 22.7 Å². The number of hydrogen-bond donors (Lipinski definition) is 0. The van der Waals surface area contributed by atoms with Gasteiger partial charge < -0.3 is 9.64 Å². The molecule has 1 amide bonds. The Kier molecular flexibility index (Phi) is 5.48. The number of nitrogens with zero attached hydrogens (tertiary/aromatic N) is 1. The molecule has 2 heterocycles. The van der Waals surface area contributed by atoms with Crippen LogP contribution >= 0.6 is 11.3 Å². The Labute approximate surface area is 152 Å².